The Kier molecular flexibility index (Phi) is 3.73. The lowest BCUT2D eigenvalue weighted by molar-refractivity contribution is -0.0498. The Bertz CT molecular complexity index is 679. The largest absolute Gasteiger partial charge is 0.435 e. The molecule has 3 rings (SSSR count). The molecular weight excluding hydrogens is 274 g/mol. The van der Waals surface area contributed by atoms with Crippen molar-refractivity contribution in [1.29, 1.82) is 0 Å². The molecule has 2 aromatic carbocycles. The van der Waals surface area contributed by atoms with Crippen LogP contribution in [0.2, 0.25) is 0 Å². The van der Waals surface area contributed by atoms with Crippen molar-refractivity contribution in [3.8, 4) is 5.75 Å². The van der Waals surface area contributed by atoms with Crippen molar-refractivity contribution in [2.24, 2.45) is 9.98 Å². The number of aliphatic imine (C=N–C) groups is 2. The molecule has 3 nitrogen and oxygen atoms in total. The molecule has 0 aliphatic carbocycles. The Hall–Kier alpha value is -2.56. The number of alkyl halides is 2. The molecule has 2 aromatic rings. The van der Waals surface area contributed by atoms with Gasteiger partial charge in [-0.15, -0.1) is 0 Å². The van der Waals surface area contributed by atoms with Crippen LogP contribution in [0.25, 0.3) is 0 Å². The van der Waals surface area contributed by atoms with E-state index in [1.54, 1.807) is 12.1 Å². The summed E-state index contributed by atoms with van der Waals surface area (Å²) in [7, 11) is 0. The Morgan fingerprint density at radius 1 is 0.905 bits per heavy atom. The highest BCUT2D eigenvalue weighted by molar-refractivity contribution is 6.17. The minimum Gasteiger partial charge on any atom is -0.435 e. The highest BCUT2D eigenvalue weighted by Crippen LogP contribution is 2.18. The molecule has 0 atom stereocenters. The zero-order valence-electron chi connectivity index (χ0n) is 11.0. The summed E-state index contributed by atoms with van der Waals surface area (Å²) in [5.41, 5.74) is 2.72. The highest BCUT2D eigenvalue weighted by atomic mass is 19.3. The Balaban J connectivity index is 1.78. The van der Waals surface area contributed by atoms with Crippen LogP contribution in [0.5, 0.6) is 5.75 Å². The number of ether oxygens (including phenoxy) is 1. The van der Waals surface area contributed by atoms with Crippen molar-refractivity contribution in [3.05, 3.63) is 65.7 Å². The van der Waals surface area contributed by atoms with E-state index in [4.69, 9.17) is 0 Å². The van der Waals surface area contributed by atoms with Gasteiger partial charge in [-0.05, 0) is 29.8 Å². The molecule has 0 radical (unpaired) electrons. The molecule has 0 saturated heterocycles. The van der Waals surface area contributed by atoms with Gasteiger partial charge < -0.3 is 4.74 Å². The summed E-state index contributed by atoms with van der Waals surface area (Å²) < 4.78 is 28.5. The van der Waals surface area contributed by atoms with Crippen molar-refractivity contribution in [3.63, 3.8) is 0 Å². The minimum atomic E-state index is -2.82. The second-order valence-corrected chi connectivity index (χ2v) is 4.47. The zero-order chi connectivity index (χ0) is 14.7. The summed E-state index contributed by atoms with van der Waals surface area (Å²) in [6, 6.07) is 16.1. The third kappa shape index (κ3) is 3.13. The van der Waals surface area contributed by atoms with Crippen molar-refractivity contribution >= 4 is 11.5 Å². The van der Waals surface area contributed by atoms with E-state index in [2.05, 4.69) is 14.7 Å². The maximum Gasteiger partial charge on any atom is 0.387 e. The van der Waals surface area contributed by atoms with E-state index in [9.17, 15) is 8.78 Å². The van der Waals surface area contributed by atoms with Crippen LogP contribution in [0.15, 0.2) is 64.6 Å². The number of benzene rings is 2. The van der Waals surface area contributed by atoms with Gasteiger partial charge in [-0.1, -0.05) is 30.3 Å². The molecule has 0 N–H and O–H groups in total. The van der Waals surface area contributed by atoms with Crippen LogP contribution in [0.1, 0.15) is 11.1 Å². The molecular formula is C16H12F2N2O. The maximum atomic E-state index is 12.1. The van der Waals surface area contributed by atoms with Crippen molar-refractivity contribution in [2.45, 2.75) is 6.61 Å². The second kappa shape index (κ2) is 5.83. The fourth-order valence-corrected chi connectivity index (χ4v) is 2.08. The van der Waals surface area contributed by atoms with Gasteiger partial charge in [-0.3, -0.25) is 4.99 Å². The Morgan fingerprint density at radius 3 is 2.29 bits per heavy atom. The standard InChI is InChI=1S/C16H12F2N2O/c17-16(18)21-13-8-6-12(7-9-13)15-19-10-14(20-15)11-4-2-1-3-5-11/h1-9,16H,10H2. The fraction of sp³-hybridized carbons (Fsp3) is 0.125. The number of amidine groups is 1. The molecule has 1 aliphatic rings. The molecule has 0 aromatic heterocycles. The summed E-state index contributed by atoms with van der Waals surface area (Å²) in [6.45, 7) is -2.29. The van der Waals surface area contributed by atoms with E-state index >= 15 is 0 Å². The molecule has 106 valence electrons. The van der Waals surface area contributed by atoms with Crippen molar-refractivity contribution < 1.29 is 13.5 Å². The average Bonchev–Trinajstić information content (AvgIpc) is 2.98. The topological polar surface area (TPSA) is 34.0 Å². The fourth-order valence-electron chi connectivity index (χ4n) is 2.08. The average molecular weight is 286 g/mol. The first-order valence-corrected chi connectivity index (χ1v) is 6.45. The summed E-state index contributed by atoms with van der Waals surface area (Å²) in [6.07, 6.45) is 0. The normalized spacial score (nSPS) is 14.0. The van der Waals surface area contributed by atoms with E-state index in [0.717, 1.165) is 16.8 Å². The van der Waals surface area contributed by atoms with Crippen molar-refractivity contribution in [1.82, 2.24) is 0 Å². The molecule has 21 heavy (non-hydrogen) atoms. The number of halogens is 2. The van der Waals surface area contributed by atoms with Crippen LogP contribution in [0, 0.1) is 0 Å². The van der Waals surface area contributed by atoms with E-state index in [-0.39, 0.29) is 5.75 Å². The lowest BCUT2D eigenvalue weighted by Gasteiger charge is -2.04. The molecule has 1 aliphatic heterocycles. The van der Waals surface area contributed by atoms with Gasteiger partial charge in [0.15, 0.2) is 5.84 Å². The van der Waals surface area contributed by atoms with Gasteiger partial charge in [0.2, 0.25) is 0 Å². The quantitative estimate of drug-likeness (QED) is 0.846. The first kappa shape index (κ1) is 13.4. The van der Waals surface area contributed by atoms with Crippen LogP contribution >= 0.6 is 0 Å². The lowest BCUT2D eigenvalue weighted by atomic mass is 10.1. The van der Waals surface area contributed by atoms with Gasteiger partial charge in [0.25, 0.3) is 0 Å². The molecule has 0 saturated carbocycles. The van der Waals surface area contributed by atoms with Crippen LogP contribution in [0.3, 0.4) is 0 Å². The number of rotatable bonds is 4. The third-order valence-corrected chi connectivity index (χ3v) is 3.06. The summed E-state index contributed by atoms with van der Waals surface area (Å²) in [4.78, 5) is 8.88. The zero-order valence-corrected chi connectivity index (χ0v) is 11.0. The van der Waals surface area contributed by atoms with Gasteiger partial charge in [0, 0.05) is 5.56 Å². The van der Waals surface area contributed by atoms with Crippen LogP contribution in [0.4, 0.5) is 8.78 Å². The first-order valence-electron chi connectivity index (χ1n) is 6.45. The first-order chi connectivity index (χ1) is 10.2. The molecule has 0 fully saturated rings. The van der Waals surface area contributed by atoms with Gasteiger partial charge in [-0.25, -0.2) is 4.99 Å². The smallest absolute Gasteiger partial charge is 0.387 e. The summed E-state index contributed by atoms with van der Waals surface area (Å²) in [5.74, 6) is 0.733. The summed E-state index contributed by atoms with van der Waals surface area (Å²) >= 11 is 0. The van der Waals surface area contributed by atoms with Gasteiger partial charge in [0.05, 0.1) is 12.3 Å². The molecule has 0 spiro atoms. The lowest BCUT2D eigenvalue weighted by Crippen LogP contribution is -2.02. The second-order valence-electron chi connectivity index (χ2n) is 4.47. The number of hydrogen-bond acceptors (Lipinski definition) is 3. The van der Waals surface area contributed by atoms with Crippen LogP contribution < -0.4 is 4.74 Å². The monoisotopic (exact) mass is 286 g/mol. The molecule has 0 amide bonds. The van der Waals surface area contributed by atoms with Crippen molar-refractivity contribution in [2.75, 3.05) is 6.54 Å². The van der Waals surface area contributed by atoms with E-state index in [0.29, 0.717) is 12.4 Å². The minimum absolute atomic E-state index is 0.125. The van der Waals surface area contributed by atoms with E-state index in [1.165, 1.54) is 12.1 Å². The third-order valence-electron chi connectivity index (χ3n) is 3.06. The number of hydrogen-bond donors (Lipinski definition) is 0. The predicted molar refractivity (Wildman–Crippen MR) is 77.5 cm³/mol. The Labute approximate surface area is 120 Å². The van der Waals surface area contributed by atoms with Gasteiger partial charge >= 0.3 is 6.61 Å². The highest BCUT2D eigenvalue weighted by Gasteiger charge is 2.14. The molecule has 5 heteroatoms. The Morgan fingerprint density at radius 2 is 1.62 bits per heavy atom. The predicted octanol–water partition coefficient (Wildman–Crippen LogP) is 3.54. The summed E-state index contributed by atoms with van der Waals surface area (Å²) in [5, 5.41) is 0. The van der Waals surface area contributed by atoms with Crippen LogP contribution in [-0.2, 0) is 0 Å². The maximum absolute atomic E-state index is 12.1. The molecule has 0 unspecified atom stereocenters. The number of nitrogens with zero attached hydrogens (tertiary/aromatic N) is 2. The van der Waals surface area contributed by atoms with E-state index < -0.39 is 6.61 Å². The SMILES string of the molecule is FC(F)Oc1ccc(C2=NCC(c3ccccc3)=N2)cc1. The van der Waals surface area contributed by atoms with Crippen LogP contribution in [-0.4, -0.2) is 24.7 Å². The van der Waals surface area contributed by atoms with Gasteiger partial charge in [-0.2, -0.15) is 8.78 Å². The molecule has 1 heterocycles. The molecule has 0 bridgehead atoms. The van der Waals surface area contributed by atoms with E-state index in [1.807, 2.05) is 30.3 Å². The van der Waals surface area contributed by atoms with Gasteiger partial charge in [0.1, 0.15) is 5.75 Å².